The molecule has 4 nitrogen and oxygen atoms in total. The van der Waals surface area contributed by atoms with Crippen LogP contribution in [-0.2, 0) is 0 Å². The van der Waals surface area contributed by atoms with E-state index in [1.807, 2.05) is 45.0 Å². The Kier molecular flexibility index (Phi) is 4.89. The van der Waals surface area contributed by atoms with Gasteiger partial charge in [0.05, 0.1) is 28.8 Å². The Morgan fingerprint density at radius 2 is 1.73 bits per heavy atom. The predicted molar refractivity (Wildman–Crippen MR) is 101 cm³/mol. The maximum Gasteiger partial charge on any atom is 0.259 e. The highest BCUT2D eigenvalue weighted by atomic mass is 19.1. The average molecular weight is 351 g/mol. The van der Waals surface area contributed by atoms with Crippen LogP contribution in [0.5, 0.6) is 0 Å². The molecule has 0 aliphatic carbocycles. The first-order valence-corrected chi connectivity index (χ1v) is 8.59. The van der Waals surface area contributed by atoms with E-state index in [2.05, 4.69) is 10.4 Å². The molecule has 1 aromatic heterocycles. The first kappa shape index (κ1) is 17.9. The third kappa shape index (κ3) is 3.52. The zero-order chi connectivity index (χ0) is 18.8. The van der Waals surface area contributed by atoms with Gasteiger partial charge >= 0.3 is 0 Å². The molecule has 3 aromatic rings. The summed E-state index contributed by atoms with van der Waals surface area (Å²) in [5.41, 5.74) is 4.24. The van der Waals surface area contributed by atoms with E-state index in [-0.39, 0.29) is 17.5 Å². The number of nitrogens with zero attached hydrogens (tertiary/aromatic N) is 2. The van der Waals surface area contributed by atoms with Gasteiger partial charge in [-0.05, 0) is 49.6 Å². The van der Waals surface area contributed by atoms with Crippen LogP contribution >= 0.6 is 0 Å². The second-order valence-corrected chi connectivity index (χ2v) is 6.78. The summed E-state index contributed by atoms with van der Waals surface area (Å²) in [5, 5.41) is 7.05. The first-order valence-electron chi connectivity index (χ1n) is 8.59. The van der Waals surface area contributed by atoms with E-state index < -0.39 is 5.82 Å². The number of hydrogen-bond donors (Lipinski definition) is 1. The molecular weight excluding hydrogens is 329 g/mol. The predicted octanol–water partition coefficient (Wildman–Crippen LogP) is 5.00. The molecule has 0 unspecified atom stereocenters. The van der Waals surface area contributed by atoms with Crippen LogP contribution in [0.2, 0.25) is 0 Å². The molecule has 0 saturated heterocycles. The van der Waals surface area contributed by atoms with Crippen molar-refractivity contribution in [3.05, 3.63) is 76.9 Å². The van der Waals surface area contributed by atoms with E-state index in [9.17, 15) is 9.18 Å². The minimum absolute atomic E-state index is 0.0717. The minimum atomic E-state index is -0.449. The van der Waals surface area contributed by atoms with Crippen LogP contribution in [0.3, 0.4) is 0 Å². The van der Waals surface area contributed by atoms with Crippen molar-refractivity contribution in [2.45, 2.75) is 33.6 Å². The summed E-state index contributed by atoms with van der Waals surface area (Å²) in [7, 11) is 0. The van der Waals surface area contributed by atoms with Crippen LogP contribution in [0, 0.1) is 19.7 Å². The lowest BCUT2D eigenvalue weighted by Gasteiger charge is -2.13. The smallest absolute Gasteiger partial charge is 0.259 e. The molecule has 0 fully saturated rings. The topological polar surface area (TPSA) is 46.9 Å². The number of aryl methyl sites for hydroxylation is 2. The van der Waals surface area contributed by atoms with Gasteiger partial charge in [0.1, 0.15) is 5.82 Å². The lowest BCUT2D eigenvalue weighted by atomic mass is 10.0. The Morgan fingerprint density at radius 1 is 1.08 bits per heavy atom. The first-order chi connectivity index (χ1) is 12.4. The molecule has 134 valence electrons. The number of aromatic nitrogens is 2. The van der Waals surface area contributed by atoms with Crippen molar-refractivity contribution >= 4 is 11.6 Å². The molecule has 0 radical (unpaired) electrons. The highest BCUT2D eigenvalue weighted by molar-refractivity contribution is 6.05. The molecule has 0 bridgehead atoms. The summed E-state index contributed by atoms with van der Waals surface area (Å²) >= 11 is 0. The van der Waals surface area contributed by atoms with E-state index in [1.54, 1.807) is 23.7 Å². The van der Waals surface area contributed by atoms with Gasteiger partial charge in [-0.25, -0.2) is 9.07 Å². The van der Waals surface area contributed by atoms with Crippen LogP contribution in [-0.4, -0.2) is 15.7 Å². The van der Waals surface area contributed by atoms with E-state index in [0.29, 0.717) is 5.56 Å². The van der Waals surface area contributed by atoms with Crippen LogP contribution in [0.15, 0.2) is 48.7 Å². The third-order valence-corrected chi connectivity index (χ3v) is 4.25. The van der Waals surface area contributed by atoms with E-state index >= 15 is 0 Å². The number of benzene rings is 2. The Morgan fingerprint density at radius 3 is 2.35 bits per heavy atom. The molecule has 3 rings (SSSR count). The number of halogens is 1. The van der Waals surface area contributed by atoms with Crippen molar-refractivity contribution in [1.82, 2.24) is 9.78 Å². The van der Waals surface area contributed by atoms with Gasteiger partial charge in [0.25, 0.3) is 5.91 Å². The standard InChI is InChI=1S/C21H22FN3O/c1-13(2)20-17(12-23-25(20)16-8-5-14(3)6-9-16)21(26)24-19-10-7-15(4)11-18(19)22/h5-13H,1-4H3,(H,24,26). The summed E-state index contributed by atoms with van der Waals surface area (Å²) in [6, 6.07) is 12.7. The summed E-state index contributed by atoms with van der Waals surface area (Å²) < 4.78 is 15.8. The fourth-order valence-electron chi connectivity index (χ4n) is 2.89. The Labute approximate surface area is 152 Å². The number of nitrogens with one attached hydrogen (secondary N) is 1. The molecular formula is C21H22FN3O. The third-order valence-electron chi connectivity index (χ3n) is 4.25. The molecule has 1 amide bonds. The summed E-state index contributed by atoms with van der Waals surface area (Å²) in [6.45, 7) is 7.83. The molecule has 2 aromatic carbocycles. The van der Waals surface area contributed by atoms with Crippen molar-refractivity contribution < 1.29 is 9.18 Å². The average Bonchev–Trinajstić information content (AvgIpc) is 3.03. The highest BCUT2D eigenvalue weighted by Crippen LogP contribution is 2.25. The van der Waals surface area contributed by atoms with Gasteiger partial charge in [-0.2, -0.15) is 5.10 Å². The largest absolute Gasteiger partial charge is 0.319 e. The van der Waals surface area contributed by atoms with Gasteiger partial charge in [0, 0.05) is 0 Å². The molecule has 0 atom stereocenters. The monoisotopic (exact) mass is 351 g/mol. The van der Waals surface area contributed by atoms with Crippen LogP contribution < -0.4 is 5.32 Å². The summed E-state index contributed by atoms with van der Waals surface area (Å²) in [6.07, 6.45) is 1.54. The van der Waals surface area contributed by atoms with Gasteiger partial charge in [-0.3, -0.25) is 4.79 Å². The maximum atomic E-state index is 14.1. The Bertz CT molecular complexity index is 942. The number of amides is 1. The van der Waals surface area contributed by atoms with Crippen LogP contribution in [0.1, 0.15) is 46.9 Å². The summed E-state index contributed by atoms with van der Waals surface area (Å²) in [4.78, 5) is 12.7. The second kappa shape index (κ2) is 7.12. The van der Waals surface area contributed by atoms with Gasteiger partial charge in [-0.1, -0.05) is 37.6 Å². The van der Waals surface area contributed by atoms with Gasteiger partial charge in [0.2, 0.25) is 0 Å². The normalized spacial score (nSPS) is 11.0. The molecule has 0 aliphatic heterocycles. The molecule has 1 heterocycles. The van der Waals surface area contributed by atoms with E-state index in [1.165, 1.54) is 12.3 Å². The maximum absolute atomic E-state index is 14.1. The summed E-state index contributed by atoms with van der Waals surface area (Å²) in [5.74, 6) is -0.743. The van der Waals surface area contributed by atoms with E-state index in [4.69, 9.17) is 0 Å². The van der Waals surface area contributed by atoms with Crippen LogP contribution in [0.25, 0.3) is 5.69 Å². The molecule has 5 heteroatoms. The quantitative estimate of drug-likeness (QED) is 0.719. The molecule has 0 spiro atoms. The lowest BCUT2D eigenvalue weighted by Crippen LogP contribution is -2.16. The molecule has 0 saturated carbocycles. The number of rotatable bonds is 4. The molecule has 1 N–H and O–H groups in total. The van der Waals surface area contributed by atoms with Crippen LogP contribution in [0.4, 0.5) is 10.1 Å². The zero-order valence-electron chi connectivity index (χ0n) is 15.4. The minimum Gasteiger partial charge on any atom is -0.319 e. The molecule has 26 heavy (non-hydrogen) atoms. The number of hydrogen-bond acceptors (Lipinski definition) is 2. The molecule has 0 aliphatic rings. The Hall–Kier alpha value is -2.95. The Balaban J connectivity index is 1.97. The SMILES string of the molecule is Cc1ccc(-n2ncc(C(=O)Nc3ccc(C)cc3F)c2C(C)C)cc1. The number of carbonyl (C=O) groups excluding carboxylic acids is 1. The second-order valence-electron chi connectivity index (χ2n) is 6.78. The van der Waals surface area contributed by atoms with E-state index in [0.717, 1.165) is 22.5 Å². The van der Waals surface area contributed by atoms with Crippen molar-refractivity contribution in [3.8, 4) is 5.69 Å². The van der Waals surface area contributed by atoms with Crippen molar-refractivity contribution in [2.75, 3.05) is 5.32 Å². The highest BCUT2D eigenvalue weighted by Gasteiger charge is 2.21. The fourth-order valence-corrected chi connectivity index (χ4v) is 2.89. The number of anilines is 1. The van der Waals surface area contributed by atoms with Gasteiger partial charge in [-0.15, -0.1) is 0 Å². The van der Waals surface area contributed by atoms with Gasteiger partial charge < -0.3 is 5.32 Å². The lowest BCUT2D eigenvalue weighted by molar-refractivity contribution is 0.102. The fraction of sp³-hybridized carbons (Fsp3) is 0.238. The van der Waals surface area contributed by atoms with Crippen molar-refractivity contribution in [2.24, 2.45) is 0 Å². The van der Waals surface area contributed by atoms with Crippen molar-refractivity contribution in [1.29, 1.82) is 0 Å². The zero-order valence-corrected chi connectivity index (χ0v) is 15.4. The number of carbonyl (C=O) groups is 1. The van der Waals surface area contributed by atoms with Crippen molar-refractivity contribution in [3.63, 3.8) is 0 Å². The van der Waals surface area contributed by atoms with Gasteiger partial charge in [0.15, 0.2) is 0 Å².